The van der Waals surface area contributed by atoms with Gasteiger partial charge in [0.1, 0.15) is 10.0 Å². The van der Waals surface area contributed by atoms with E-state index in [2.05, 4.69) is 5.10 Å². The predicted octanol–water partition coefficient (Wildman–Crippen LogP) is 2.58. The minimum Gasteiger partial charge on any atom is -0.476 e. The van der Waals surface area contributed by atoms with Gasteiger partial charge in [-0.2, -0.15) is 4.68 Å². The first-order valence-corrected chi connectivity index (χ1v) is 7.18. The summed E-state index contributed by atoms with van der Waals surface area (Å²) in [5.74, 6) is 0.122. The highest BCUT2D eigenvalue weighted by Gasteiger charge is 2.16. The minimum atomic E-state index is -0.488. The molecule has 5 nitrogen and oxygen atoms in total. The van der Waals surface area contributed by atoms with Crippen LogP contribution in [0.1, 0.15) is 12.0 Å². The van der Waals surface area contributed by atoms with E-state index in [1.165, 1.54) is 4.68 Å². The van der Waals surface area contributed by atoms with Crippen LogP contribution in [0.25, 0.3) is 5.69 Å². The summed E-state index contributed by atoms with van der Waals surface area (Å²) in [7, 11) is 0. The summed E-state index contributed by atoms with van der Waals surface area (Å²) >= 11 is 12.0. The molecule has 112 valence electrons. The Labute approximate surface area is 132 Å². The molecule has 21 heavy (non-hydrogen) atoms. The van der Waals surface area contributed by atoms with Gasteiger partial charge >= 0.3 is 0 Å². The van der Waals surface area contributed by atoms with Crippen LogP contribution in [0.3, 0.4) is 0 Å². The van der Waals surface area contributed by atoms with Crippen LogP contribution in [0.15, 0.2) is 29.1 Å². The molecule has 1 aromatic heterocycles. The van der Waals surface area contributed by atoms with Crippen LogP contribution in [0.5, 0.6) is 5.88 Å². The molecular weight excluding hydrogens is 313 g/mol. The van der Waals surface area contributed by atoms with E-state index in [0.717, 1.165) is 5.56 Å². The first-order valence-electron chi connectivity index (χ1n) is 6.43. The van der Waals surface area contributed by atoms with Crippen LogP contribution in [0, 0.1) is 6.92 Å². The van der Waals surface area contributed by atoms with Crippen LogP contribution < -0.4 is 16.0 Å². The third-order valence-corrected chi connectivity index (χ3v) is 3.58. The molecule has 7 heteroatoms. The van der Waals surface area contributed by atoms with E-state index in [1.54, 1.807) is 6.07 Å². The van der Waals surface area contributed by atoms with E-state index in [-0.39, 0.29) is 15.9 Å². The molecule has 0 saturated heterocycles. The number of nitrogens with two attached hydrogens (primary N) is 1. The predicted molar refractivity (Wildman–Crippen MR) is 83.8 cm³/mol. The van der Waals surface area contributed by atoms with Gasteiger partial charge in [-0.1, -0.05) is 35.3 Å². The van der Waals surface area contributed by atoms with Gasteiger partial charge in [-0.25, -0.2) is 0 Å². The highest BCUT2D eigenvalue weighted by molar-refractivity contribution is 6.42. The van der Waals surface area contributed by atoms with Crippen molar-refractivity contribution in [2.24, 2.45) is 5.73 Å². The Bertz CT molecular complexity index is 701. The van der Waals surface area contributed by atoms with E-state index in [9.17, 15) is 4.79 Å². The van der Waals surface area contributed by atoms with Gasteiger partial charge in [0.05, 0.1) is 12.3 Å². The van der Waals surface area contributed by atoms with Crippen molar-refractivity contribution < 1.29 is 4.74 Å². The fourth-order valence-electron chi connectivity index (χ4n) is 1.74. The topological polar surface area (TPSA) is 70.1 Å². The maximum Gasteiger partial charge on any atom is 0.292 e. The molecule has 0 radical (unpaired) electrons. The van der Waals surface area contributed by atoms with Gasteiger partial charge < -0.3 is 10.5 Å². The summed E-state index contributed by atoms with van der Waals surface area (Å²) in [5.41, 5.74) is 6.52. The van der Waals surface area contributed by atoms with Crippen LogP contribution in [0.2, 0.25) is 10.0 Å². The maximum absolute atomic E-state index is 12.2. The normalized spacial score (nSPS) is 10.7. The average molecular weight is 328 g/mol. The molecule has 0 unspecified atom stereocenters. The van der Waals surface area contributed by atoms with E-state index >= 15 is 0 Å². The lowest BCUT2D eigenvalue weighted by Crippen LogP contribution is -2.23. The number of nitrogens with zero attached hydrogens (tertiary/aromatic N) is 2. The Morgan fingerprint density at radius 3 is 2.76 bits per heavy atom. The summed E-state index contributed by atoms with van der Waals surface area (Å²) in [6.45, 7) is 2.76. The Kier molecular flexibility index (Phi) is 5.22. The molecule has 1 aromatic carbocycles. The van der Waals surface area contributed by atoms with Crippen molar-refractivity contribution in [2.75, 3.05) is 13.2 Å². The molecular formula is C14H15Cl2N3O2. The van der Waals surface area contributed by atoms with Crippen LogP contribution in [0.4, 0.5) is 0 Å². The van der Waals surface area contributed by atoms with Crippen molar-refractivity contribution in [1.29, 1.82) is 0 Å². The van der Waals surface area contributed by atoms with Crippen molar-refractivity contribution in [3.05, 3.63) is 50.2 Å². The molecule has 1 heterocycles. The number of aromatic nitrogens is 2. The summed E-state index contributed by atoms with van der Waals surface area (Å²) in [6.07, 6.45) is 0.652. The Hall–Kier alpha value is -1.56. The van der Waals surface area contributed by atoms with Crippen LogP contribution in [-0.2, 0) is 0 Å². The Balaban J connectivity index is 2.48. The van der Waals surface area contributed by atoms with Gasteiger partial charge in [0, 0.05) is 0 Å². The fraction of sp³-hybridized carbons (Fsp3) is 0.286. The largest absolute Gasteiger partial charge is 0.476 e. The van der Waals surface area contributed by atoms with Gasteiger partial charge in [-0.05, 0) is 37.6 Å². The highest BCUT2D eigenvalue weighted by atomic mass is 35.5. The number of rotatable bonds is 5. The van der Waals surface area contributed by atoms with E-state index in [0.29, 0.717) is 25.3 Å². The second-order valence-corrected chi connectivity index (χ2v) is 5.24. The number of hydrogen-bond acceptors (Lipinski definition) is 4. The lowest BCUT2D eigenvalue weighted by molar-refractivity contribution is 0.295. The van der Waals surface area contributed by atoms with Gasteiger partial charge in [0.25, 0.3) is 11.4 Å². The fourth-order valence-corrected chi connectivity index (χ4v) is 2.07. The first-order chi connectivity index (χ1) is 10.0. The zero-order chi connectivity index (χ0) is 15.4. The van der Waals surface area contributed by atoms with Gasteiger partial charge in [-0.3, -0.25) is 4.79 Å². The second-order valence-electron chi connectivity index (χ2n) is 4.48. The van der Waals surface area contributed by atoms with Crippen LogP contribution >= 0.6 is 23.2 Å². The monoisotopic (exact) mass is 327 g/mol. The molecule has 0 bridgehead atoms. The van der Waals surface area contributed by atoms with Crippen LogP contribution in [-0.4, -0.2) is 22.9 Å². The zero-order valence-corrected chi connectivity index (χ0v) is 13.0. The molecule has 2 aromatic rings. The molecule has 0 spiro atoms. The molecule has 2 N–H and O–H groups in total. The van der Waals surface area contributed by atoms with E-state index in [4.69, 9.17) is 33.7 Å². The minimum absolute atomic E-state index is 0.0163. The number of ether oxygens (including phenoxy) is 1. The molecule has 0 aliphatic rings. The SMILES string of the molecule is Cc1cccc(-n2nc(OCCCN)c(Cl)c(Cl)c2=O)c1. The molecule has 0 fully saturated rings. The highest BCUT2D eigenvalue weighted by Crippen LogP contribution is 2.27. The lowest BCUT2D eigenvalue weighted by atomic mass is 10.2. The Morgan fingerprint density at radius 2 is 2.10 bits per heavy atom. The van der Waals surface area contributed by atoms with Gasteiger partial charge in [0.15, 0.2) is 0 Å². The quantitative estimate of drug-likeness (QED) is 0.857. The standard InChI is InChI=1S/C14H15Cl2N3O2/c1-9-4-2-5-10(8-9)19-14(20)12(16)11(15)13(18-19)21-7-3-6-17/h2,4-5,8H,3,6-7,17H2,1H3. The van der Waals surface area contributed by atoms with Crippen molar-refractivity contribution in [1.82, 2.24) is 9.78 Å². The van der Waals surface area contributed by atoms with Crippen molar-refractivity contribution in [3.63, 3.8) is 0 Å². The smallest absolute Gasteiger partial charge is 0.292 e. The van der Waals surface area contributed by atoms with Crippen molar-refractivity contribution >= 4 is 23.2 Å². The number of benzene rings is 1. The summed E-state index contributed by atoms with van der Waals surface area (Å²) < 4.78 is 6.62. The number of halogens is 2. The molecule has 0 saturated carbocycles. The summed E-state index contributed by atoms with van der Waals surface area (Å²) in [6, 6.07) is 7.33. The van der Waals surface area contributed by atoms with Crippen molar-refractivity contribution in [3.8, 4) is 11.6 Å². The summed E-state index contributed by atoms with van der Waals surface area (Å²) in [4.78, 5) is 12.2. The number of hydrogen-bond donors (Lipinski definition) is 1. The van der Waals surface area contributed by atoms with Gasteiger partial charge in [-0.15, -0.1) is 5.10 Å². The summed E-state index contributed by atoms with van der Waals surface area (Å²) in [5, 5.41) is 4.04. The average Bonchev–Trinajstić information content (AvgIpc) is 2.47. The Morgan fingerprint density at radius 1 is 1.33 bits per heavy atom. The van der Waals surface area contributed by atoms with Gasteiger partial charge in [0.2, 0.25) is 0 Å². The second kappa shape index (κ2) is 6.93. The number of aryl methyl sites for hydroxylation is 1. The first kappa shape index (κ1) is 15.8. The van der Waals surface area contributed by atoms with Crippen molar-refractivity contribution in [2.45, 2.75) is 13.3 Å². The molecule has 2 rings (SSSR count). The third-order valence-electron chi connectivity index (χ3n) is 2.78. The molecule has 0 aliphatic carbocycles. The maximum atomic E-state index is 12.2. The molecule has 0 amide bonds. The molecule has 0 aliphatic heterocycles. The third kappa shape index (κ3) is 3.56. The zero-order valence-electron chi connectivity index (χ0n) is 11.5. The molecule has 0 atom stereocenters. The lowest BCUT2D eigenvalue weighted by Gasteiger charge is -2.11. The van der Waals surface area contributed by atoms with E-state index < -0.39 is 5.56 Å². The van der Waals surface area contributed by atoms with E-state index in [1.807, 2.05) is 25.1 Å².